The third-order valence-electron chi connectivity index (χ3n) is 5.17. The van der Waals surface area contributed by atoms with E-state index in [1.54, 1.807) is 12.1 Å². The van der Waals surface area contributed by atoms with Crippen LogP contribution in [0.2, 0.25) is 0 Å². The van der Waals surface area contributed by atoms with Crippen molar-refractivity contribution in [2.75, 3.05) is 24.8 Å². The Morgan fingerprint density at radius 3 is 2.71 bits per heavy atom. The molecule has 0 aliphatic carbocycles. The molecule has 0 bridgehead atoms. The Kier molecular flexibility index (Phi) is 5.85. The molecule has 0 saturated carbocycles. The van der Waals surface area contributed by atoms with E-state index in [1.807, 2.05) is 60.9 Å². The molecule has 9 nitrogen and oxygen atoms in total. The number of hydrazone groups is 1. The number of allylic oxidation sites excluding steroid dienone is 1. The second-order valence-electron chi connectivity index (χ2n) is 7.40. The Labute approximate surface area is 179 Å². The van der Waals surface area contributed by atoms with Crippen LogP contribution in [0.25, 0.3) is 17.2 Å². The van der Waals surface area contributed by atoms with Crippen LogP contribution in [-0.4, -0.2) is 44.2 Å². The average Bonchev–Trinajstić information content (AvgIpc) is 3.15. The van der Waals surface area contributed by atoms with Crippen molar-refractivity contribution in [1.29, 1.82) is 0 Å². The van der Waals surface area contributed by atoms with E-state index in [9.17, 15) is 9.59 Å². The van der Waals surface area contributed by atoms with Crippen molar-refractivity contribution < 1.29 is 4.74 Å². The van der Waals surface area contributed by atoms with Gasteiger partial charge in [-0.1, -0.05) is 42.5 Å². The molecule has 0 amide bonds. The van der Waals surface area contributed by atoms with Gasteiger partial charge in [0.05, 0.1) is 25.4 Å². The van der Waals surface area contributed by atoms with Crippen LogP contribution in [0.15, 0.2) is 51.1 Å². The van der Waals surface area contributed by atoms with E-state index in [0.29, 0.717) is 43.4 Å². The van der Waals surface area contributed by atoms with E-state index >= 15 is 0 Å². The van der Waals surface area contributed by atoms with E-state index in [4.69, 9.17) is 4.74 Å². The van der Waals surface area contributed by atoms with Crippen LogP contribution in [0.5, 0.6) is 0 Å². The molecule has 0 fully saturated rings. The third kappa shape index (κ3) is 3.96. The topological polar surface area (TPSA) is 86.7 Å². The zero-order valence-corrected chi connectivity index (χ0v) is 18.0. The fourth-order valence-corrected chi connectivity index (χ4v) is 3.68. The maximum absolute atomic E-state index is 13.3. The van der Waals surface area contributed by atoms with Crippen molar-refractivity contribution in [1.82, 2.24) is 18.7 Å². The number of ether oxygens (including phenoxy) is 1. The quantitative estimate of drug-likeness (QED) is 0.543. The zero-order valence-electron chi connectivity index (χ0n) is 18.0. The van der Waals surface area contributed by atoms with Crippen LogP contribution < -0.4 is 16.3 Å². The number of rotatable bonds is 7. The molecular formula is C22H26N6O3. The van der Waals surface area contributed by atoms with Gasteiger partial charge < -0.3 is 4.74 Å². The van der Waals surface area contributed by atoms with E-state index in [-0.39, 0.29) is 12.1 Å². The minimum atomic E-state index is -0.399. The van der Waals surface area contributed by atoms with Gasteiger partial charge in [-0.15, -0.1) is 0 Å². The van der Waals surface area contributed by atoms with E-state index in [0.717, 1.165) is 11.3 Å². The van der Waals surface area contributed by atoms with Gasteiger partial charge in [0.2, 0.25) is 5.95 Å². The van der Waals surface area contributed by atoms with Crippen molar-refractivity contribution in [2.45, 2.75) is 26.9 Å². The number of fused-ring (bicyclic) bond motifs is 3. The lowest BCUT2D eigenvalue weighted by molar-refractivity contribution is 0.153. The Morgan fingerprint density at radius 2 is 1.97 bits per heavy atom. The fraction of sp³-hybridized carbons (Fsp3) is 0.364. The number of benzene rings is 1. The Morgan fingerprint density at radius 1 is 1.19 bits per heavy atom. The van der Waals surface area contributed by atoms with E-state index < -0.39 is 5.69 Å². The van der Waals surface area contributed by atoms with Crippen molar-refractivity contribution >= 4 is 28.9 Å². The number of nitrogens with zero attached hydrogens (tertiary/aromatic N) is 6. The molecule has 0 unspecified atom stereocenters. The minimum absolute atomic E-state index is 0.179. The zero-order chi connectivity index (χ0) is 22.0. The van der Waals surface area contributed by atoms with Crippen LogP contribution in [0.3, 0.4) is 0 Å². The summed E-state index contributed by atoms with van der Waals surface area (Å²) in [6, 6.07) is 9.75. The summed E-state index contributed by atoms with van der Waals surface area (Å²) in [4.78, 5) is 30.8. The lowest BCUT2D eigenvalue weighted by Crippen LogP contribution is -2.39. The Balaban J connectivity index is 1.76. The molecule has 4 rings (SSSR count). The van der Waals surface area contributed by atoms with Gasteiger partial charge >= 0.3 is 5.69 Å². The molecule has 1 aliphatic rings. The lowest BCUT2D eigenvalue weighted by atomic mass is 10.2. The molecule has 2 aromatic heterocycles. The van der Waals surface area contributed by atoms with Gasteiger partial charge in [0.1, 0.15) is 0 Å². The van der Waals surface area contributed by atoms with Gasteiger partial charge in [-0.3, -0.25) is 18.5 Å². The first-order valence-electron chi connectivity index (χ1n) is 10.3. The summed E-state index contributed by atoms with van der Waals surface area (Å²) in [5.41, 5.74) is 1.87. The predicted molar refractivity (Wildman–Crippen MR) is 122 cm³/mol. The summed E-state index contributed by atoms with van der Waals surface area (Å²) in [5.74, 6) is 0.546. The molecule has 3 aromatic rings. The summed E-state index contributed by atoms with van der Waals surface area (Å²) >= 11 is 0. The number of aryl methyl sites for hydroxylation is 1. The molecule has 31 heavy (non-hydrogen) atoms. The Hall–Kier alpha value is -3.46. The second kappa shape index (κ2) is 8.73. The lowest BCUT2D eigenvalue weighted by Gasteiger charge is -2.24. The highest BCUT2D eigenvalue weighted by Crippen LogP contribution is 2.23. The molecule has 0 N–H and O–H groups in total. The molecule has 0 spiro atoms. The standard InChI is InChI=1S/C22H26N6O3/c1-4-31-14-13-28-21-23-19-18(27(21)15-16(2)24-28)20(29)26(22(30)25(19)3)12-8-11-17-9-6-5-7-10-17/h5-11H,4,12-15H2,1-3H3/b11-8+. The largest absolute Gasteiger partial charge is 0.380 e. The highest BCUT2D eigenvalue weighted by Gasteiger charge is 2.26. The summed E-state index contributed by atoms with van der Waals surface area (Å²) in [7, 11) is 1.64. The highest BCUT2D eigenvalue weighted by molar-refractivity contribution is 5.87. The van der Waals surface area contributed by atoms with Crippen molar-refractivity contribution in [3.05, 3.63) is 62.8 Å². The third-order valence-corrected chi connectivity index (χ3v) is 5.17. The van der Waals surface area contributed by atoms with E-state index in [2.05, 4.69) is 10.1 Å². The van der Waals surface area contributed by atoms with E-state index in [1.165, 1.54) is 9.13 Å². The molecule has 0 radical (unpaired) electrons. The molecule has 3 heterocycles. The average molecular weight is 422 g/mol. The van der Waals surface area contributed by atoms with Crippen LogP contribution in [-0.2, 0) is 24.9 Å². The smallest absolute Gasteiger partial charge is 0.332 e. The molecule has 1 aromatic carbocycles. The van der Waals surface area contributed by atoms with Crippen LogP contribution in [0.1, 0.15) is 19.4 Å². The normalized spacial score (nSPS) is 13.8. The first-order chi connectivity index (χ1) is 15.0. The number of imidazole rings is 1. The molecule has 162 valence electrons. The first kappa shape index (κ1) is 20.8. The maximum atomic E-state index is 13.3. The van der Waals surface area contributed by atoms with Gasteiger partial charge in [0, 0.05) is 20.2 Å². The van der Waals surface area contributed by atoms with Crippen molar-refractivity contribution in [3.63, 3.8) is 0 Å². The first-order valence-corrected chi connectivity index (χ1v) is 10.3. The molecule has 9 heteroatoms. The molecule has 0 atom stereocenters. The summed E-state index contributed by atoms with van der Waals surface area (Å²) in [5, 5.41) is 6.29. The van der Waals surface area contributed by atoms with Crippen molar-refractivity contribution in [3.8, 4) is 0 Å². The predicted octanol–water partition coefficient (Wildman–Crippen LogP) is 1.84. The van der Waals surface area contributed by atoms with Gasteiger partial charge in [-0.25, -0.2) is 9.80 Å². The molecular weight excluding hydrogens is 396 g/mol. The monoisotopic (exact) mass is 422 g/mol. The maximum Gasteiger partial charge on any atom is 0.332 e. The van der Waals surface area contributed by atoms with Crippen LogP contribution in [0.4, 0.5) is 5.95 Å². The summed E-state index contributed by atoms with van der Waals surface area (Å²) < 4.78 is 9.95. The minimum Gasteiger partial charge on any atom is -0.380 e. The van der Waals surface area contributed by atoms with Gasteiger partial charge in [-0.2, -0.15) is 10.1 Å². The van der Waals surface area contributed by atoms with Crippen LogP contribution in [0, 0.1) is 0 Å². The molecule has 1 aliphatic heterocycles. The number of aromatic nitrogens is 4. The van der Waals surface area contributed by atoms with Gasteiger partial charge in [0.25, 0.3) is 5.56 Å². The van der Waals surface area contributed by atoms with Crippen molar-refractivity contribution in [2.24, 2.45) is 12.1 Å². The second-order valence-corrected chi connectivity index (χ2v) is 7.40. The molecule has 0 saturated heterocycles. The van der Waals surface area contributed by atoms with Crippen LogP contribution >= 0.6 is 0 Å². The highest BCUT2D eigenvalue weighted by atomic mass is 16.5. The number of hydrogen-bond acceptors (Lipinski definition) is 6. The summed E-state index contributed by atoms with van der Waals surface area (Å²) in [6.07, 6.45) is 3.72. The van der Waals surface area contributed by atoms with Gasteiger partial charge in [0.15, 0.2) is 11.2 Å². The fourth-order valence-electron chi connectivity index (χ4n) is 3.68. The number of anilines is 1. The number of hydrogen-bond donors (Lipinski definition) is 0. The summed E-state index contributed by atoms with van der Waals surface area (Å²) in [6.45, 7) is 6.08. The SMILES string of the molecule is CCOCCN1N=C(C)Cn2c1nc1c2c(=O)n(C/C=C/c2ccccc2)c(=O)n1C. The van der Waals surface area contributed by atoms with Gasteiger partial charge in [-0.05, 0) is 19.4 Å². The Bertz CT molecular complexity index is 1270.